The highest BCUT2D eigenvalue weighted by molar-refractivity contribution is 5.54. The smallest absolute Gasteiger partial charge is 0.126 e. The summed E-state index contributed by atoms with van der Waals surface area (Å²) in [5, 5.41) is 12.2. The summed E-state index contributed by atoms with van der Waals surface area (Å²) in [5.41, 5.74) is 3.79. The number of nitrogens with one attached hydrogen (secondary N) is 1. The first kappa shape index (κ1) is 15.3. The molecule has 0 saturated heterocycles. The van der Waals surface area contributed by atoms with Crippen LogP contribution < -0.4 is 10.2 Å². The van der Waals surface area contributed by atoms with Gasteiger partial charge in [0.1, 0.15) is 5.82 Å². The largest absolute Gasteiger partial charge is 0.395 e. The van der Waals surface area contributed by atoms with E-state index in [-0.39, 0.29) is 12.4 Å². The summed E-state index contributed by atoms with van der Waals surface area (Å²) >= 11 is 0. The molecule has 0 fully saturated rings. The lowest BCUT2D eigenvalue weighted by Gasteiger charge is -2.18. The van der Waals surface area contributed by atoms with Crippen LogP contribution in [0.4, 0.5) is 15.8 Å². The van der Waals surface area contributed by atoms with E-state index in [1.807, 2.05) is 42.3 Å². The van der Waals surface area contributed by atoms with Crippen molar-refractivity contribution in [3.63, 3.8) is 0 Å². The Morgan fingerprint density at radius 1 is 1.14 bits per heavy atom. The van der Waals surface area contributed by atoms with Crippen LogP contribution in [0.5, 0.6) is 0 Å². The number of aliphatic hydroxyl groups is 1. The second kappa shape index (κ2) is 7.09. The lowest BCUT2D eigenvalue weighted by atomic mass is 10.1. The van der Waals surface area contributed by atoms with Gasteiger partial charge in [-0.1, -0.05) is 12.1 Å². The molecule has 3 nitrogen and oxygen atoms in total. The quantitative estimate of drug-likeness (QED) is 0.857. The fourth-order valence-corrected chi connectivity index (χ4v) is 2.13. The predicted molar refractivity (Wildman–Crippen MR) is 85.3 cm³/mol. The number of hydrogen-bond donors (Lipinski definition) is 2. The molecule has 0 aliphatic heterocycles. The molecule has 0 spiro atoms. The van der Waals surface area contributed by atoms with Gasteiger partial charge < -0.3 is 15.3 Å². The van der Waals surface area contributed by atoms with Crippen LogP contribution in [0.2, 0.25) is 0 Å². The second-order valence-corrected chi connectivity index (χ2v) is 5.13. The van der Waals surface area contributed by atoms with E-state index in [0.717, 1.165) is 16.9 Å². The average Bonchev–Trinajstić information content (AvgIpc) is 2.49. The van der Waals surface area contributed by atoms with Crippen LogP contribution in [0.1, 0.15) is 11.1 Å². The van der Waals surface area contributed by atoms with Gasteiger partial charge in [-0.15, -0.1) is 0 Å². The number of likely N-dealkylation sites (N-methyl/N-ethyl adjacent to an activating group) is 1. The summed E-state index contributed by atoms with van der Waals surface area (Å²) in [7, 11) is 1.94. The minimum Gasteiger partial charge on any atom is -0.395 e. The van der Waals surface area contributed by atoms with Gasteiger partial charge in [0.05, 0.1) is 6.61 Å². The van der Waals surface area contributed by atoms with Gasteiger partial charge in [0.2, 0.25) is 0 Å². The van der Waals surface area contributed by atoms with Crippen molar-refractivity contribution in [1.82, 2.24) is 0 Å². The van der Waals surface area contributed by atoms with E-state index in [9.17, 15) is 4.39 Å². The Labute approximate surface area is 125 Å². The summed E-state index contributed by atoms with van der Waals surface area (Å²) < 4.78 is 13.2. The van der Waals surface area contributed by atoms with Crippen LogP contribution in [0.3, 0.4) is 0 Å². The molecule has 0 aliphatic rings. The number of anilines is 2. The van der Waals surface area contributed by atoms with Gasteiger partial charge in [-0.2, -0.15) is 0 Å². The standard InChI is InChI=1S/C17H21FN2O/c1-13-11-14(3-8-17(13)18)12-19-15-4-6-16(7-5-15)20(2)9-10-21/h3-8,11,19,21H,9-10,12H2,1-2H3. The van der Waals surface area contributed by atoms with Crippen LogP contribution >= 0.6 is 0 Å². The maximum atomic E-state index is 13.2. The molecule has 2 aromatic rings. The van der Waals surface area contributed by atoms with Crippen molar-refractivity contribution in [3.05, 3.63) is 59.4 Å². The maximum absolute atomic E-state index is 13.2. The van der Waals surface area contributed by atoms with Crippen LogP contribution in [-0.4, -0.2) is 25.3 Å². The summed E-state index contributed by atoms with van der Waals surface area (Å²) in [6.45, 7) is 3.18. The van der Waals surface area contributed by atoms with Gasteiger partial charge in [0.25, 0.3) is 0 Å². The molecule has 0 saturated carbocycles. The fraction of sp³-hybridized carbons (Fsp3) is 0.294. The lowest BCUT2D eigenvalue weighted by molar-refractivity contribution is 0.304. The molecule has 2 aromatic carbocycles. The van der Waals surface area contributed by atoms with E-state index in [1.54, 1.807) is 13.0 Å². The van der Waals surface area contributed by atoms with Crippen molar-refractivity contribution in [2.24, 2.45) is 0 Å². The topological polar surface area (TPSA) is 35.5 Å². The molecule has 0 radical (unpaired) electrons. The first-order valence-corrected chi connectivity index (χ1v) is 7.01. The first-order chi connectivity index (χ1) is 10.1. The highest BCUT2D eigenvalue weighted by Gasteiger charge is 2.01. The van der Waals surface area contributed by atoms with E-state index in [4.69, 9.17) is 5.11 Å². The number of aryl methyl sites for hydroxylation is 1. The maximum Gasteiger partial charge on any atom is 0.126 e. The van der Waals surface area contributed by atoms with Crippen LogP contribution in [-0.2, 0) is 6.54 Å². The van der Waals surface area contributed by atoms with Gasteiger partial charge in [0, 0.05) is 31.5 Å². The summed E-state index contributed by atoms with van der Waals surface area (Å²) in [5.74, 6) is -0.171. The Bertz CT molecular complexity index is 584. The van der Waals surface area contributed by atoms with Gasteiger partial charge in [-0.05, 0) is 48.4 Å². The zero-order valence-electron chi connectivity index (χ0n) is 12.4. The second-order valence-electron chi connectivity index (χ2n) is 5.13. The van der Waals surface area contributed by atoms with Gasteiger partial charge in [-0.25, -0.2) is 4.39 Å². The number of benzene rings is 2. The third-order valence-corrected chi connectivity index (χ3v) is 3.46. The van der Waals surface area contributed by atoms with E-state index < -0.39 is 0 Å². The minimum atomic E-state index is -0.171. The molecule has 0 bridgehead atoms. The molecule has 0 aromatic heterocycles. The van der Waals surface area contributed by atoms with Crippen LogP contribution in [0.15, 0.2) is 42.5 Å². The van der Waals surface area contributed by atoms with E-state index in [2.05, 4.69) is 5.32 Å². The molecule has 0 amide bonds. The molecule has 112 valence electrons. The molecule has 0 unspecified atom stereocenters. The SMILES string of the molecule is Cc1cc(CNc2ccc(N(C)CCO)cc2)ccc1F. The molecular formula is C17H21FN2O. The lowest BCUT2D eigenvalue weighted by Crippen LogP contribution is -2.20. The van der Waals surface area contributed by atoms with Crippen molar-refractivity contribution in [3.8, 4) is 0 Å². The van der Waals surface area contributed by atoms with Gasteiger partial charge in [-0.3, -0.25) is 0 Å². The Balaban J connectivity index is 1.95. The highest BCUT2D eigenvalue weighted by atomic mass is 19.1. The molecule has 0 atom stereocenters. The van der Waals surface area contributed by atoms with Gasteiger partial charge >= 0.3 is 0 Å². The Morgan fingerprint density at radius 3 is 2.48 bits per heavy atom. The molecule has 21 heavy (non-hydrogen) atoms. The van der Waals surface area contributed by atoms with Crippen molar-refractivity contribution < 1.29 is 9.50 Å². The first-order valence-electron chi connectivity index (χ1n) is 7.01. The van der Waals surface area contributed by atoms with Crippen LogP contribution in [0, 0.1) is 12.7 Å². The zero-order valence-corrected chi connectivity index (χ0v) is 12.4. The summed E-state index contributed by atoms with van der Waals surface area (Å²) in [6.07, 6.45) is 0. The fourth-order valence-electron chi connectivity index (χ4n) is 2.13. The molecule has 2 N–H and O–H groups in total. The molecule has 4 heteroatoms. The number of halogens is 1. The number of aliphatic hydroxyl groups excluding tert-OH is 1. The monoisotopic (exact) mass is 288 g/mol. The number of nitrogens with zero attached hydrogens (tertiary/aromatic N) is 1. The summed E-state index contributed by atoms with van der Waals surface area (Å²) in [6, 6.07) is 13.2. The number of rotatable bonds is 6. The molecule has 2 rings (SSSR count). The third-order valence-electron chi connectivity index (χ3n) is 3.46. The predicted octanol–water partition coefficient (Wildman–Crippen LogP) is 3.17. The van der Waals surface area contributed by atoms with E-state index >= 15 is 0 Å². The van der Waals surface area contributed by atoms with Crippen molar-refractivity contribution in [2.75, 3.05) is 30.4 Å². The van der Waals surface area contributed by atoms with E-state index in [1.165, 1.54) is 6.07 Å². The minimum absolute atomic E-state index is 0.139. The number of hydrogen-bond acceptors (Lipinski definition) is 3. The van der Waals surface area contributed by atoms with Crippen molar-refractivity contribution >= 4 is 11.4 Å². The van der Waals surface area contributed by atoms with Gasteiger partial charge in [0.15, 0.2) is 0 Å². The van der Waals surface area contributed by atoms with E-state index in [0.29, 0.717) is 18.7 Å². The summed E-state index contributed by atoms with van der Waals surface area (Å²) in [4.78, 5) is 1.99. The van der Waals surface area contributed by atoms with Crippen molar-refractivity contribution in [2.45, 2.75) is 13.5 Å². The zero-order chi connectivity index (χ0) is 15.2. The average molecular weight is 288 g/mol. The Kier molecular flexibility index (Phi) is 5.17. The molecule has 0 aliphatic carbocycles. The Hall–Kier alpha value is -2.07. The van der Waals surface area contributed by atoms with Crippen molar-refractivity contribution in [1.29, 1.82) is 0 Å². The highest BCUT2D eigenvalue weighted by Crippen LogP contribution is 2.17. The molecular weight excluding hydrogens is 267 g/mol. The van der Waals surface area contributed by atoms with Crippen LogP contribution in [0.25, 0.3) is 0 Å². The molecule has 0 heterocycles. The normalized spacial score (nSPS) is 10.5. The third kappa shape index (κ3) is 4.20. The Morgan fingerprint density at radius 2 is 1.86 bits per heavy atom.